The number of esters is 1. The fourth-order valence-corrected chi connectivity index (χ4v) is 0.881. The molecule has 0 rings (SSSR count). The third kappa shape index (κ3) is 6.57. The van der Waals surface area contributed by atoms with Crippen LogP contribution in [-0.2, 0) is 14.3 Å². The number of alkyl halides is 1. The Hall–Kier alpha value is -0.580. The number of aliphatic carboxylic acids is 1. The fraction of sp³-hybridized carbons (Fsp3) is 0.750. The van der Waals surface area contributed by atoms with Gasteiger partial charge in [-0.25, -0.2) is 0 Å². The summed E-state index contributed by atoms with van der Waals surface area (Å²) in [6.45, 7) is 5.19. The first kappa shape index (κ1) is 12.4. The van der Waals surface area contributed by atoms with Crippen LogP contribution in [0.4, 0.5) is 0 Å². The van der Waals surface area contributed by atoms with Crippen molar-refractivity contribution in [2.45, 2.75) is 37.6 Å². The van der Waals surface area contributed by atoms with Crippen molar-refractivity contribution in [2.24, 2.45) is 0 Å². The highest BCUT2D eigenvalue weighted by atomic mass is 79.9. The van der Waals surface area contributed by atoms with E-state index in [1.807, 2.05) is 0 Å². The molecule has 0 bridgehead atoms. The molecule has 0 heterocycles. The molecule has 0 radical (unpaired) electrons. The van der Waals surface area contributed by atoms with Crippen molar-refractivity contribution < 1.29 is 19.4 Å². The molecule has 0 saturated heterocycles. The SMILES string of the molecule is CC(C)(C)OC(=O)C[C@H](Br)C(=O)O. The second-order valence-electron chi connectivity index (χ2n) is 3.60. The largest absolute Gasteiger partial charge is 0.480 e. The zero-order valence-corrected chi connectivity index (χ0v) is 9.42. The predicted octanol–water partition coefficient (Wildman–Crippen LogP) is 1.57. The molecule has 5 heteroatoms. The lowest BCUT2D eigenvalue weighted by Gasteiger charge is -2.19. The van der Waals surface area contributed by atoms with Crippen molar-refractivity contribution in [3.8, 4) is 0 Å². The normalized spacial score (nSPS) is 13.5. The summed E-state index contributed by atoms with van der Waals surface area (Å²) in [5, 5.41) is 8.47. The molecular weight excluding hydrogens is 240 g/mol. The topological polar surface area (TPSA) is 63.6 Å². The standard InChI is InChI=1S/C8H13BrO4/c1-8(2,3)13-6(10)4-5(9)7(11)12/h5H,4H2,1-3H3,(H,11,12)/t5-/m0/s1. The van der Waals surface area contributed by atoms with E-state index in [-0.39, 0.29) is 6.42 Å². The minimum Gasteiger partial charge on any atom is -0.480 e. The molecule has 0 aromatic heterocycles. The maximum absolute atomic E-state index is 11.1. The van der Waals surface area contributed by atoms with Gasteiger partial charge in [0, 0.05) is 0 Å². The first-order valence-electron chi connectivity index (χ1n) is 3.81. The van der Waals surface area contributed by atoms with E-state index in [1.165, 1.54) is 0 Å². The quantitative estimate of drug-likeness (QED) is 0.612. The van der Waals surface area contributed by atoms with E-state index < -0.39 is 22.4 Å². The monoisotopic (exact) mass is 252 g/mol. The molecular formula is C8H13BrO4. The lowest BCUT2D eigenvalue weighted by Crippen LogP contribution is -2.27. The van der Waals surface area contributed by atoms with Gasteiger partial charge in [-0.2, -0.15) is 0 Å². The fourth-order valence-electron chi connectivity index (χ4n) is 0.617. The average Bonchev–Trinajstić information content (AvgIpc) is 1.81. The van der Waals surface area contributed by atoms with E-state index >= 15 is 0 Å². The Balaban J connectivity index is 3.96. The van der Waals surface area contributed by atoms with Crippen LogP contribution >= 0.6 is 15.9 Å². The maximum atomic E-state index is 11.1. The van der Waals surface area contributed by atoms with Gasteiger partial charge < -0.3 is 9.84 Å². The number of hydrogen-bond donors (Lipinski definition) is 1. The summed E-state index contributed by atoms with van der Waals surface area (Å²) < 4.78 is 4.93. The van der Waals surface area contributed by atoms with Crippen molar-refractivity contribution in [1.29, 1.82) is 0 Å². The van der Waals surface area contributed by atoms with Gasteiger partial charge in [0.05, 0.1) is 6.42 Å². The molecule has 4 nitrogen and oxygen atoms in total. The van der Waals surface area contributed by atoms with E-state index in [0.717, 1.165) is 0 Å². The van der Waals surface area contributed by atoms with Crippen LogP contribution < -0.4 is 0 Å². The summed E-state index contributed by atoms with van der Waals surface area (Å²) in [7, 11) is 0. The number of rotatable bonds is 3. The Bertz CT molecular complexity index is 207. The molecule has 0 aliphatic carbocycles. The van der Waals surface area contributed by atoms with Gasteiger partial charge in [-0.1, -0.05) is 15.9 Å². The van der Waals surface area contributed by atoms with Crippen molar-refractivity contribution >= 4 is 27.9 Å². The van der Waals surface area contributed by atoms with Crippen molar-refractivity contribution in [3.63, 3.8) is 0 Å². The van der Waals surface area contributed by atoms with Crippen LogP contribution in [0.2, 0.25) is 0 Å². The van der Waals surface area contributed by atoms with Crippen LogP contribution in [-0.4, -0.2) is 27.5 Å². The zero-order valence-electron chi connectivity index (χ0n) is 7.83. The highest BCUT2D eigenvalue weighted by Crippen LogP contribution is 2.12. The van der Waals surface area contributed by atoms with Gasteiger partial charge in [-0.3, -0.25) is 9.59 Å². The van der Waals surface area contributed by atoms with E-state index in [4.69, 9.17) is 9.84 Å². The zero-order chi connectivity index (χ0) is 10.6. The van der Waals surface area contributed by atoms with Gasteiger partial charge in [0.2, 0.25) is 0 Å². The third-order valence-corrected chi connectivity index (χ3v) is 1.75. The van der Waals surface area contributed by atoms with E-state index in [1.54, 1.807) is 20.8 Å². The second kappa shape index (κ2) is 4.60. The molecule has 0 aliphatic rings. The molecule has 13 heavy (non-hydrogen) atoms. The number of hydrogen-bond acceptors (Lipinski definition) is 3. The molecule has 0 amide bonds. The summed E-state index contributed by atoms with van der Waals surface area (Å²) >= 11 is 2.85. The molecule has 1 N–H and O–H groups in total. The van der Waals surface area contributed by atoms with Crippen molar-refractivity contribution in [2.75, 3.05) is 0 Å². The maximum Gasteiger partial charge on any atom is 0.317 e. The summed E-state index contributed by atoms with van der Waals surface area (Å²) in [6, 6.07) is 0. The van der Waals surface area contributed by atoms with Crippen molar-refractivity contribution in [3.05, 3.63) is 0 Å². The van der Waals surface area contributed by atoms with E-state index in [9.17, 15) is 9.59 Å². The Labute approximate surface area is 85.4 Å². The summed E-state index contributed by atoms with van der Waals surface area (Å²) in [4.78, 5) is 20.5. The second-order valence-corrected chi connectivity index (χ2v) is 4.70. The van der Waals surface area contributed by atoms with Crippen LogP contribution in [0.15, 0.2) is 0 Å². The van der Waals surface area contributed by atoms with Gasteiger partial charge in [0.25, 0.3) is 0 Å². The number of carbonyl (C=O) groups is 2. The van der Waals surface area contributed by atoms with E-state index in [0.29, 0.717) is 0 Å². The van der Waals surface area contributed by atoms with Gasteiger partial charge in [-0.15, -0.1) is 0 Å². The molecule has 76 valence electrons. The van der Waals surface area contributed by atoms with Crippen molar-refractivity contribution in [1.82, 2.24) is 0 Å². The first-order valence-corrected chi connectivity index (χ1v) is 4.72. The Morgan fingerprint density at radius 3 is 2.23 bits per heavy atom. The highest BCUT2D eigenvalue weighted by Gasteiger charge is 2.22. The van der Waals surface area contributed by atoms with Crippen LogP contribution in [0.1, 0.15) is 27.2 Å². The summed E-state index contributed by atoms with van der Waals surface area (Å²) in [5.74, 6) is -1.58. The minimum absolute atomic E-state index is 0.160. The molecule has 0 unspecified atom stereocenters. The Morgan fingerprint density at radius 2 is 1.92 bits per heavy atom. The molecule has 0 aromatic rings. The van der Waals surface area contributed by atoms with E-state index in [2.05, 4.69) is 15.9 Å². The van der Waals surface area contributed by atoms with Crippen LogP contribution in [0.25, 0.3) is 0 Å². The lowest BCUT2D eigenvalue weighted by molar-refractivity contribution is -0.156. The first-order chi connectivity index (χ1) is 5.72. The van der Waals surface area contributed by atoms with Gasteiger partial charge in [0.15, 0.2) is 0 Å². The van der Waals surface area contributed by atoms with Crippen LogP contribution in [0.5, 0.6) is 0 Å². The number of halogens is 1. The number of ether oxygens (including phenoxy) is 1. The van der Waals surface area contributed by atoms with Crippen LogP contribution in [0.3, 0.4) is 0 Å². The minimum atomic E-state index is -1.06. The molecule has 0 saturated carbocycles. The Morgan fingerprint density at radius 1 is 1.46 bits per heavy atom. The van der Waals surface area contributed by atoms with Gasteiger partial charge in [0.1, 0.15) is 10.4 Å². The number of carbonyl (C=O) groups excluding carboxylic acids is 1. The predicted molar refractivity (Wildman–Crippen MR) is 50.8 cm³/mol. The molecule has 0 fully saturated rings. The molecule has 0 aliphatic heterocycles. The lowest BCUT2D eigenvalue weighted by atomic mass is 10.2. The Kier molecular flexibility index (Phi) is 4.39. The summed E-state index contributed by atoms with van der Waals surface area (Å²) in [6.07, 6.45) is -0.160. The molecule has 1 atom stereocenters. The average molecular weight is 253 g/mol. The summed E-state index contributed by atoms with van der Waals surface area (Å²) in [5.41, 5.74) is -0.567. The smallest absolute Gasteiger partial charge is 0.317 e. The third-order valence-electron chi connectivity index (χ3n) is 1.03. The van der Waals surface area contributed by atoms with Crippen LogP contribution in [0, 0.1) is 0 Å². The van der Waals surface area contributed by atoms with Gasteiger partial charge in [-0.05, 0) is 20.8 Å². The molecule has 0 spiro atoms. The molecule has 0 aromatic carbocycles. The number of carboxylic acid groups (broad SMARTS) is 1. The number of carboxylic acids is 1. The highest BCUT2D eigenvalue weighted by molar-refractivity contribution is 9.10. The van der Waals surface area contributed by atoms with Gasteiger partial charge >= 0.3 is 11.9 Å².